The van der Waals surface area contributed by atoms with E-state index in [1.54, 1.807) is 0 Å². The largest absolute Gasteiger partial charge is 0.379 e. The van der Waals surface area contributed by atoms with E-state index in [1.807, 2.05) is 30.6 Å². The fourth-order valence-corrected chi connectivity index (χ4v) is 3.77. The minimum atomic E-state index is -0.207. The van der Waals surface area contributed by atoms with E-state index in [-0.39, 0.29) is 5.82 Å². The summed E-state index contributed by atoms with van der Waals surface area (Å²) in [5.41, 5.74) is 4.63. The van der Waals surface area contributed by atoms with Gasteiger partial charge in [0.25, 0.3) is 0 Å². The Kier molecular flexibility index (Phi) is 7.19. The molecule has 1 aromatic heterocycles. The van der Waals surface area contributed by atoms with Gasteiger partial charge in [-0.15, -0.1) is 0 Å². The molecule has 1 aliphatic rings. The summed E-state index contributed by atoms with van der Waals surface area (Å²) in [5.74, 6) is -0.207. The number of hydrogen-bond donors (Lipinski definition) is 0. The molecular weight excluding hydrogens is 377 g/mol. The molecule has 30 heavy (non-hydrogen) atoms. The fourth-order valence-electron chi connectivity index (χ4n) is 3.77. The second-order valence-electron chi connectivity index (χ2n) is 7.73. The topological polar surface area (TPSA) is 28.6 Å². The Bertz CT molecular complexity index is 894. The number of ether oxygens (including phenoxy) is 1. The van der Waals surface area contributed by atoms with Crippen LogP contribution in [0.1, 0.15) is 11.1 Å². The molecule has 1 saturated heterocycles. The van der Waals surface area contributed by atoms with E-state index < -0.39 is 0 Å². The van der Waals surface area contributed by atoms with E-state index in [2.05, 4.69) is 45.1 Å². The van der Waals surface area contributed by atoms with Crippen molar-refractivity contribution in [1.29, 1.82) is 0 Å². The molecule has 2 heterocycles. The zero-order valence-electron chi connectivity index (χ0n) is 17.2. The Balaban J connectivity index is 1.42. The minimum absolute atomic E-state index is 0.207. The Morgan fingerprint density at radius 1 is 0.867 bits per heavy atom. The Hall–Kier alpha value is -2.60. The van der Waals surface area contributed by atoms with E-state index in [1.165, 1.54) is 23.3 Å². The van der Waals surface area contributed by atoms with Crippen LogP contribution in [0.4, 0.5) is 4.39 Å². The van der Waals surface area contributed by atoms with Crippen LogP contribution >= 0.6 is 0 Å². The van der Waals surface area contributed by atoms with Crippen molar-refractivity contribution in [3.05, 3.63) is 90.0 Å². The number of aromatic nitrogens is 1. The summed E-state index contributed by atoms with van der Waals surface area (Å²) in [5, 5.41) is 0. The molecule has 0 amide bonds. The van der Waals surface area contributed by atoms with E-state index in [4.69, 9.17) is 4.74 Å². The van der Waals surface area contributed by atoms with Crippen molar-refractivity contribution in [3.8, 4) is 11.1 Å². The average molecular weight is 406 g/mol. The maximum absolute atomic E-state index is 13.2. The fraction of sp³-hybridized carbons (Fsp3) is 0.320. The molecule has 5 heteroatoms. The van der Waals surface area contributed by atoms with Gasteiger partial charge in [-0.25, -0.2) is 4.39 Å². The standard InChI is InChI=1S/C25H28FN3O/c26-25-9-7-24(8-10-25)23-5-3-21(4-6-23)19-29(20-22-2-1-11-27-18-22)13-12-28-14-16-30-17-15-28/h1-11,18H,12-17,19-20H2. The van der Waals surface area contributed by atoms with Gasteiger partial charge in [-0.2, -0.15) is 0 Å². The van der Waals surface area contributed by atoms with Gasteiger partial charge in [0, 0.05) is 51.7 Å². The van der Waals surface area contributed by atoms with E-state index in [0.717, 1.165) is 63.6 Å². The molecule has 0 aliphatic carbocycles. The summed E-state index contributed by atoms with van der Waals surface area (Å²) in [6, 6.07) is 19.4. The van der Waals surface area contributed by atoms with E-state index >= 15 is 0 Å². The van der Waals surface area contributed by atoms with E-state index in [9.17, 15) is 4.39 Å². The third kappa shape index (κ3) is 5.95. The lowest BCUT2D eigenvalue weighted by atomic mass is 10.0. The van der Waals surface area contributed by atoms with Gasteiger partial charge >= 0.3 is 0 Å². The molecule has 0 atom stereocenters. The lowest BCUT2D eigenvalue weighted by molar-refractivity contribution is 0.0325. The SMILES string of the molecule is Fc1ccc(-c2ccc(CN(CCN3CCOCC3)Cc3cccnc3)cc2)cc1. The van der Waals surface area contributed by atoms with Crippen molar-refractivity contribution in [1.82, 2.24) is 14.8 Å². The quantitative estimate of drug-likeness (QED) is 0.561. The van der Waals surface area contributed by atoms with Crippen LogP contribution in [-0.4, -0.2) is 54.2 Å². The van der Waals surface area contributed by atoms with Crippen LogP contribution in [0.25, 0.3) is 11.1 Å². The first-order chi connectivity index (χ1) is 14.8. The van der Waals surface area contributed by atoms with Gasteiger partial charge in [-0.05, 0) is 40.5 Å². The van der Waals surface area contributed by atoms with Gasteiger partial charge in [0.15, 0.2) is 0 Å². The number of hydrogen-bond acceptors (Lipinski definition) is 4. The zero-order chi connectivity index (χ0) is 20.6. The smallest absolute Gasteiger partial charge is 0.123 e. The highest BCUT2D eigenvalue weighted by molar-refractivity contribution is 5.63. The Morgan fingerprint density at radius 2 is 1.53 bits per heavy atom. The molecule has 2 aromatic carbocycles. The number of rotatable bonds is 8. The van der Waals surface area contributed by atoms with Crippen molar-refractivity contribution >= 4 is 0 Å². The molecule has 4 rings (SSSR count). The summed E-state index contributed by atoms with van der Waals surface area (Å²) in [6.07, 6.45) is 3.76. The lowest BCUT2D eigenvalue weighted by Gasteiger charge is -2.30. The summed E-state index contributed by atoms with van der Waals surface area (Å²) >= 11 is 0. The molecule has 1 aliphatic heterocycles. The second-order valence-corrected chi connectivity index (χ2v) is 7.73. The Morgan fingerprint density at radius 3 is 2.20 bits per heavy atom. The van der Waals surface area contributed by atoms with Crippen molar-refractivity contribution < 1.29 is 9.13 Å². The van der Waals surface area contributed by atoms with Gasteiger partial charge in [0.1, 0.15) is 5.82 Å². The number of nitrogens with zero attached hydrogens (tertiary/aromatic N) is 3. The molecule has 4 nitrogen and oxygen atoms in total. The summed E-state index contributed by atoms with van der Waals surface area (Å²) in [4.78, 5) is 9.21. The predicted molar refractivity (Wildman–Crippen MR) is 117 cm³/mol. The number of halogens is 1. The molecule has 1 fully saturated rings. The molecule has 0 bridgehead atoms. The van der Waals surface area contributed by atoms with Crippen LogP contribution in [0.15, 0.2) is 73.1 Å². The minimum Gasteiger partial charge on any atom is -0.379 e. The lowest BCUT2D eigenvalue weighted by Crippen LogP contribution is -2.41. The monoisotopic (exact) mass is 405 g/mol. The first kappa shape index (κ1) is 20.7. The molecule has 0 radical (unpaired) electrons. The summed E-state index contributed by atoms with van der Waals surface area (Å²) in [7, 11) is 0. The first-order valence-electron chi connectivity index (χ1n) is 10.5. The van der Waals surface area contributed by atoms with Crippen LogP contribution in [0, 0.1) is 5.82 Å². The van der Waals surface area contributed by atoms with Gasteiger partial charge in [0.2, 0.25) is 0 Å². The van der Waals surface area contributed by atoms with Crippen molar-refractivity contribution in [2.45, 2.75) is 13.1 Å². The van der Waals surface area contributed by atoms with Crippen LogP contribution in [-0.2, 0) is 17.8 Å². The second kappa shape index (κ2) is 10.4. The molecule has 3 aromatic rings. The van der Waals surface area contributed by atoms with Crippen molar-refractivity contribution in [2.24, 2.45) is 0 Å². The molecule has 0 unspecified atom stereocenters. The number of morpholine rings is 1. The van der Waals surface area contributed by atoms with Crippen LogP contribution in [0.5, 0.6) is 0 Å². The van der Waals surface area contributed by atoms with Crippen molar-refractivity contribution in [3.63, 3.8) is 0 Å². The van der Waals surface area contributed by atoms with Crippen LogP contribution in [0.2, 0.25) is 0 Å². The average Bonchev–Trinajstić information content (AvgIpc) is 2.80. The third-order valence-electron chi connectivity index (χ3n) is 5.50. The maximum atomic E-state index is 13.2. The molecule has 156 valence electrons. The highest BCUT2D eigenvalue weighted by Gasteiger charge is 2.13. The van der Waals surface area contributed by atoms with Gasteiger partial charge in [-0.3, -0.25) is 14.8 Å². The summed E-state index contributed by atoms with van der Waals surface area (Å²) in [6.45, 7) is 7.45. The molecule has 0 N–H and O–H groups in total. The maximum Gasteiger partial charge on any atom is 0.123 e. The number of pyridine rings is 1. The zero-order valence-corrected chi connectivity index (χ0v) is 17.2. The molecule has 0 spiro atoms. The van der Waals surface area contributed by atoms with Gasteiger partial charge < -0.3 is 4.74 Å². The molecular formula is C25H28FN3O. The van der Waals surface area contributed by atoms with Crippen LogP contribution in [0.3, 0.4) is 0 Å². The number of benzene rings is 2. The predicted octanol–water partition coefficient (Wildman–Crippen LogP) is 4.22. The first-order valence-corrected chi connectivity index (χ1v) is 10.5. The van der Waals surface area contributed by atoms with Crippen molar-refractivity contribution in [2.75, 3.05) is 39.4 Å². The molecule has 0 saturated carbocycles. The van der Waals surface area contributed by atoms with Gasteiger partial charge in [-0.1, -0.05) is 42.5 Å². The van der Waals surface area contributed by atoms with E-state index in [0.29, 0.717) is 0 Å². The van der Waals surface area contributed by atoms with Gasteiger partial charge in [0.05, 0.1) is 13.2 Å². The third-order valence-corrected chi connectivity index (χ3v) is 5.50. The normalized spacial score (nSPS) is 14.9. The highest BCUT2D eigenvalue weighted by Crippen LogP contribution is 2.21. The highest BCUT2D eigenvalue weighted by atomic mass is 19.1. The summed E-state index contributed by atoms with van der Waals surface area (Å²) < 4.78 is 18.6. The van der Waals surface area contributed by atoms with Crippen LogP contribution < -0.4 is 0 Å². The Labute approximate surface area is 177 Å².